The molecule has 3 atom stereocenters. The molecule has 0 fully saturated rings. The molecular weight excluding hydrogens is 390 g/mol. The van der Waals surface area contributed by atoms with Crippen LogP contribution >= 0.6 is 12.6 Å². The van der Waals surface area contributed by atoms with Crippen molar-refractivity contribution < 1.29 is 19.5 Å². The van der Waals surface area contributed by atoms with E-state index in [9.17, 15) is 19.5 Å². The van der Waals surface area contributed by atoms with Gasteiger partial charge < -0.3 is 21.5 Å². The number of nitrogens with one attached hydrogen (secondary N) is 2. The lowest BCUT2D eigenvalue weighted by Crippen LogP contribution is -2.55. The van der Waals surface area contributed by atoms with Gasteiger partial charge >= 0.3 is 0 Å². The number of benzene rings is 2. The molecule has 2 amide bonds. The highest BCUT2D eigenvalue weighted by Crippen LogP contribution is 2.11. The number of nitrogens with two attached hydrogens (primary N) is 1. The molecule has 2 aromatic rings. The van der Waals surface area contributed by atoms with Crippen LogP contribution in [-0.4, -0.2) is 47.1 Å². The van der Waals surface area contributed by atoms with Crippen molar-refractivity contribution in [3.8, 4) is 5.75 Å². The van der Waals surface area contributed by atoms with Crippen LogP contribution in [0, 0.1) is 0 Å². The second-order valence-corrected chi connectivity index (χ2v) is 6.95. The summed E-state index contributed by atoms with van der Waals surface area (Å²) in [4.78, 5) is 36.1. The molecule has 153 valence electrons. The minimum atomic E-state index is -0.941. The third kappa shape index (κ3) is 7.24. The summed E-state index contributed by atoms with van der Waals surface area (Å²) in [6, 6.07) is 12.9. The van der Waals surface area contributed by atoms with Crippen molar-refractivity contribution in [3.05, 3.63) is 65.7 Å². The van der Waals surface area contributed by atoms with Crippen molar-refractivity contribution in [2.24, 2.45) is 5.73 Å². The number of phenolic OH excluding ortho intramolecular Hbond substituents is 1. The summed E-state index contributed by atoms with van der Waals surface area (Å²) in [5.74, 6) is -0.879. The van der Waals surface area contributed by atoms with Gasteiger partial charge in [-0.15, -0.1) is 0 Å². The van der Waals surface area contributed by atoms with Crippen molar-refractivity contribution >= 4 is 30.7 Å². The Labute approximate surface area is 175 Å². The number of thiol groups is 1. The quantitative estimate of drug-likeness (QED) is 0.363. The summed E-state index contributed by atoms with van der Waals surface area (Å²) >= 11 is 4.12. The molecule has 0 heterocycles. The first-order chi connectivity index (χ1) is 13.9. The fourth-order valence-corrected chi connectivity index (χ4v) is 2.95. The molecule has 0 unspecified atom stereocenters. The Morgan fingerprint density at radius 2 is 1.59 bits per heavy atom. The third-order valence-electron chi connectivity index (χ3n) is 4.29. The fraction of sp³-hybridized carbons (Fsp3) is 0.286. The molecule has 0 aromatic heterocycles. The third-order valence-corrected chi connectivity index (χ3v) is 4.65. The Kier molecular flexibility index (Phi) is 8.69. The topological polar surface area (TPSA) is 122 Å². The average Bonchev–Trinajstić information content (AvgIpc) is 2.73. The van der Waals surface area contributed by atoms with Crippen molar-refractivity contribution in [3.63, 3.8) is 0 Å². The SMILES string of the molecule is N[C@@H](Cc1ccccc1)C(=O)N[C@@H](CS)C(=O)N[C@H]([C]=O)Cc1ccc(O)cc1. The molecule has 0 aliphatic rings. The van der Waals surface area contributed by atoms with Gasteiger partial charge in [-0.25, -0.2) is 0 Å². The summed E-state index contributed by atoms with van der Waals surface area (Å²) in [5.41, 5.74) is 7.59. The lowest BCUT2D eigenvalue weighted by atomic mass is 10.1. The molecule has 0 spiro atoms. The molecular formula is C21H24N3O4S. The maximum atomic E-state index is 12.5. The van der Waals surface area contributed by atoms with Crippen LogP contribution < -0.4 is 16.4 Å². The van der Waals surface area contributed by atoms with E-state index in [0.29, 0.717) is 6.42 Å². The number of hydrogen-bond donors (Lipinski definition) is 5. The van der Waals surface area contributed by atoms with E-state index in [0.717, 1.165) is 11.1 Å². The van der Waals surface area contributed by atoms with Gasteiger partial charge in [0.1, 0.15) is 11.8 Å². The molecule has 0 bridgehead atoms. The van der Waals surface area contributed by atoms with Gasteiger partial charge in [0.15, 0.2) is 0 Å². The molecule has 0 saturated carbocycles. The van der Waals surface area contributed by atoms with Crippen molar-refractivity contribution in [1.29, 1.82) is 0 Å². The van der Waals surface area contributed by atoms with Gasteiger partial charge in [-0.2, -0.15) is 12.6 Å². The summed E-state index contributed by atoms with van der Waals surface area (Å²) in [7, 11) is 0. The Balaban J connectivity index is 1.91. The van der Waals surface area contributed by atoms with E-state index in [4.69, 9.17) is 5.73 Å². The standard InChI is InChI=1S/C21H24N3O4S/c22-18(11-14-4-2-1-3-5-14)20(27)24-19(13-29)21(28)23-16(12-25)10-15-6-8-17(26)9-7-15/h1-9,16,18-19,26,29H,10-11,13,22H2,(H,23,28)(H,24,27)/t16-,18-,19-/m0/s1. The van der Waals surface area contributed by atoms with Crippen molar-refractivity contribution in [2.75, 3.05) is 5.75 Å². The summed E-state index contributed by atoms with van der Waals surface area (Å²) in [5, 5.41) is 14.4. The van der Waals surface area contributed by atoms with E-state index in [-0.39, 0.29) is 17.9 Å². The Hall–Kier alpha value is -2.84. The zero-order valence-corrected chi connectivity index (χ0v) is 16.6. The van der Waals surface area contributed by atoms with Crippen LogP contribution in [0.25, 0.3) is 0 Å². The maximum absolute atomic E-state index is 12.5. The number of rotatable bonds is 10. The highest BCUT2D eigenvalue weighted by molar-refractivity contribution is 7.80. The minimum Gasteiger partial charge on any atom is -0.508 e. The first-order valence-corrected chi connectivity index (χ1v) is 9.73. The predicted octanol–water partition coefficient (Wildman–Crippen LogP) is 0.514. The first-order valence-electron chi connectivity index (χ1n) is 9.09. The molecule has 0 aliphatic heterocycles. The Bertz CT molecular complexity index is 814. The molecule has 8 heteroatoms. The van der Waals surface area contributed by atoms with Crippen molar-refractivity contribution in [1.82, 2.24) is 10.6 Å². The number of carbonyl (C=O) groups is 2. The summed E-state index contributed by atoms with van der Waals surface area (Å²) in [6.45, 7) is 0. The first kappa shape index (κ1) is 22.4. The smallest absolute Gasteiger partial charge is 0.244 e. The van der Waals surface area contributed by atoms with Gasteiger partial charge in [0.2, 0.25) is 18.1 Å². The second kappa shape index (κ2) is 11.2. The van der Waals surface area contributed by atoms with E-state index >= 15 is 0 Å². The molecule has 1 radical (unpaired) electrons. The second-order valence-electron chi connectivity index (χ2n) is 6.59. The molecule has 2 aromatic carbocycles. The average molecular weight is 415 g/mol. The van der Waals surface area contributed by atoms with Gasteiger partial charge in [0.05, 0.1) is 12.1 Å². The van der Waals surface area contributed by atoms with E-state index in [1.165, 1.54) is 12.1 Å². The van der Waals surface area contributed by atoms with Gasteiger partial charge in [0.25, 0.3) is 0 Å². The van der Waals surface area contributed by atoms with Crippen LogP contribution in [-0.2, 0) is 27.2 Å². The molecule has 2 rings (SSSR count). The zero-order chi connectivity index (χ0) is 21.2. The van der Waals surface area contributed by atoms with Gasteiger partial charge in [-0.1, -0.05) is 42.5 Å². The molecule has 7 nitrogen and oxygen atoms in total. The predicted molar refractivity (Wildman–Crippen MR) is 113 cm³/mol. The monoisotopic (exact) mass is 414 g/mol. The minimum absolute atomic E-state index is 0.0421. The number of carbonyl (C=O) groups excluding carboxylic acids is 3. The number of amides is 2. The van der Waals surface area contributed by atoms with Crippen LogP contribution in [0.4, 0.5) is 0 Å². The lowest BCUT2D eigenvalue weighted by molar-refractivity contribution is -0.129. The molecule has 0 aliphatic carbocycles. The number of hydrogen-bond acceptors (Lipinski definition) is 6. The zero-order valence-electron chi connectivity index (χ0n) is 15.7. The van der Waals surface area contributed by atoms with Crippen LogP contribution in [0.5, 0.6) is 5.75 Å². The lowest BCUT2D eigenvalue weighted by Gasteiger charge is -2.21. The van der Waals surface area contributed by atoms with E-state index in [2.05, 4.69) is 23.3 Å². The Morgan fingerprint density at radius 1 is 0.966 bits per heavy atom. The molecule has 0 saturated heterocycles. The van der Waals surface area contributed by atoms with E-state index < -0.39 is 29.9 Å². The van der Waals surface area contributed by atoms with Gasteiger partial charge in [-0.05, 0) is 29.7 Å². The summed E-state index contributed by atoms with van der Waals surface area (Å²) in [6.07, 6.45) is 2.31. The number of phenols is 1. The number of aromatic hydroxyl groups is 1. The van der Waals surface area contributed by atoms with Crippen LogP contribution in [0.1, 0.15) is 11.1 Å². The highest BCUT2D eigenvalue weighted by Gasteiger charge is 2.25. The fourth-order valence-electron chi connectivity index (χ4n) is 2.70. The summed E-state index contributed by atoms with van der Waals surface area (Å²) < 4.78 is 0. The maximum Gasteiger partial charge on any atom is 0.244 e. The van der Waals surface area contributed by atoms with Gasteiger partial charge in [-0.3, -0.25) is 14.4 Å². The molecule has 29 heavy (non-hydrogen) atoms. The van der Waals surface area contributed by atoms with Crippen molar-refractivity contribution in [2.45, 2.75) is 31.0 Å². The van der Waals surface area contributed by atoms with Crippen LogP contribution in [0.2, 0.25) is 0 Å². The largest absolute Gasteiger partial charge is 0.508 e. The molecule has 5 N–H and O–H groups in total. The van der Waals surface area contributed by atoms with E-state index in [1.807, 2.05) is 30.3 Å². The van der Waals surface area contributed by atoms with E-state index in [1.54, 1.807) is 18.4 Å². The van der Waals surface area contributed by atoms with Gasteiger partial charge in [0, 0.05) is 12.2 Å². The normalized spacial score (nSPS) is 13.7. The highest BCUT2D eigenvalue weighted by atomic mass is 32.1. The van der Waals surface area contributed by atoms with Crippen LogP contribution in [0.15, 0.2) is 54.6 Å². The Morgan fingerprint density at radius 3 is 2.17 bits per heavy atom. The van der Waals surface area contributed by atoms with Crippen LogP contribution in [0.3, 0.4) is 0 Å².